The van der Waals surface area contributed by atoms with Gasteiger partial charge in [0.15, 0.2) is 0 Å². The summed E-state index contributed by atoms with van der Waals surface area (Å²) >= 11 is 0. The molecule has 156 valence electrons. The van der Waals surface area contributed by atoms with Crippen LogP contribution in [-0.4, -0.2) is 21.5 Å². The zero-order valence-corrected chi connectivity index (χ0v) is 17.5. The molecule has 0 spiro atoms. The van der Waals surface area contributed by atoms with Gasteiger partial charge in [0.1, 0.15) is 5.75 Å². The molecule has 4 aromatic rings. The number of aromatic nitrogens is 3. The molecule has 1 aliphatic carbocycles. The van der Waals surface area contributed by atoms with E-state index in [4.69, 9.17) is 10.5 Å². The molecule has 0 amide bonds. The van der Waals surface area contributed by atoms with Gasteiger partial charge in [-0.2, -0.15) is 0 Å². The smallest absolute Gasteiger partial charge is 0.228 e. The summed E-state index contributed by atoms with van der Waals surface area (Å²) in [5, 5.41) is 5.80. The van der Waals surface area contributed by atoms with E-state index in [-0.39, 0.29) is 5.95 Å². The quantitative estimate of drug-likeness (QED) is 0.412. The molecule has 0 unspecified atom stereocenters. The number of aryl methyl sites for hydroxylation is 1. The van der Waals surface area contributed by atoms with Crippen molar-refractivity contribution in [3.05, 3.63) is 66.5 Å². The maximum atomic E-state index is 6.42. The van der Waals surface area contributed by atoms with E-state index in [9.17, 15) is 0 Å². The highest BCUT2D eigenvalue weighted by atomic mass is 16.5. The Bertz CT molecular complexity index is 1240. The van der Waals surface area contributed by atoms with Gasteiger partial charge in [0.05, 0.1) is 11.3 Å². The summed E-state index contributed by atoms with van der Waals surface area (Å²) in [4.78, 5) is 12.8. The number of hydrogen-bond donors (Lipinski definition) is 2. The normalized spacial score (nSPS) is 13.3. The highest BCUT2D eigenvalue weighted by molar-refractivity contribution is 5.98. The molecule has 2 heterocycles. The first-order valence-electron chi connectivity index (χ1n) is 10.7. The minimum absolute atomic E-state index is 0.218. The molecule has 0 atom stereocenters. The van der Waals surface area contributed by atoms with E-state index < -0.39 is 0 Å². The Kier molecular flexibility index (Phi) is 5.12. The monoisotopic (exact) mass is 411 g/mol. The van der Waals surface area contributed by atoms with E-state index in [0.29, 0.717) is 11.6 Å². The SMILES string of the molecule is Cc1ccc2c(NCCC3CC3)cccc2c1Oc1ncccc1-c1ccnc(N)n1. The van der Waals surface area contributed by atoms with Gasteiger partial charge < -0.3 is 15.8 Å². The Hall–Kier alpha value is -3.67. The molecule has 1 fully saturated rings. The molecule has 31 heavy (non-hydrogen) atoms. The van der Waals surface area contributed by atoms with Crippen molar-refractivity contribution in [2.24, 2.45) is 5.92 Å². The minimum Gasteiger partial charge on any atom is -0.437 e. The number of fused-ring (bicyclic) bond motifs is 1. The van der Waals surface area contributed by atoms with Gasteiger partial charge >= 0.3 is 0 Å². The van der Waals surface area contributed by atoms with Crippen molar-refractivity contribution >= 4 is 22.4 Å². The van der Waals surface area contributed by atoms with Crippen LogP contribution >= 0.6 is 0 Å². The fraction of sp³-hybridized carbons (Fsp3) is 0.240. The molecule has 0 radical (unpaired) electrons. The van der Waals surface area contributed by atoms with Gasteiger partial charge in [-0.05, 0) is 49.1 Å². The molecule has 6 nitrogen and oxygen atoms in total. The van der Waals surface area contributed by atoms with E-state index in [1.807, 2.05) is 19.1 Å². The second-order valence-corrected chi connectivity index (χ2v) is 8.03. The van der Waals surface area contributed by atoms with Crippen LogP contribution in [0, 0.1) is 12.8 Å². The van der Waals surface area contributed by atoms with Crippen LogP contribution in [0.3, 0.4) is 0 Å². The van der Waals surface area contributed by atoms with Crippen LogP contribution < -0.4 is 15.8 Å². The lowest BCUT2D eigenvalue weighted by Gasteiger charge is -2.16. The fourth-order valence-corrected chi connectivity index (χ4v) is 3.83. The Morgan fingerprint density at radius 1 is 1.00 bits per heavy atom. The first kappa shape index (κ1) is 19.3. The summed E-state index contributed by atoms with van der Waals surface area (Å²) in [7, 11) is 0. The first-order chi connectivity index (χ1) is 15.2. The maximum Gasteiger partial charge on any atom is 0.228 e. The summed E-state index contributed by atoms with van der Waals surface area (Å²) in [5.41, 5.74) is 9.41. The topological polar surface area (TPSA) is 86.0 Å². The van der Waals surface area contributed by atoms with E-state index in [1.54, 1.807) is 18.5 Å². The van der Waals surface area contributed by atoms with Crippen molar-refractivity contribution in [1.29, 1.82) is 0 Å². The lowest BCUT2D eigenvalue weighted by atomic mass is 10.0. The van der Waals surface area contributed by atoms with Gasteiger partial charge in [-0.1, -0.05) is 37.1 Å². The van der Waals surface area contributed by atoms with Crippen molar-refractivity contribution in [2.75, 3.05) is 17.6 Å². The van der Waals surface area contributed by atoms with Gasteiger partial charge in [0.25, 0.3) is 0 Å². The van der Waals surface area contributed by atoms with E-state index >= 15 is 0 Å². The average Bonchev–Trinajstić information content (AvgIpc) is 3.61. The van der Waals surface area contributed by atoms with Crippen LogP contribution in [0.2, 0.25) is 0 Å². The molecular formula is C25H25N5O. The number of anilines is 2. The zero-order valence-electron chi connectivity index (χ0n) is 17.5. The predicted molar refractivity (Wildman–Crippen MR) is 124 cm³/mol. The number of benzene rings is 2. The van der Waals surface area contributed by atoms with Crippen molar-refractivity contribution in [1.82, 2.24) is 15.0 Å². The van der Waals surface area contributed by atoms with E-state index in [0.717, 1.165) is 45.8 Å². The molecule has 3 N–H and O–H groups in total. The number of rotatable bonds is 7. The van der Waals surface area contributed by atoms with Gasteiger partial charge in [0.2, 0.25) is 11.8 Å². The predicted octanol–water partition coefficient (Wildman–Crippen LogP) is 5.59. The molecule has 2 aromatic heterocycles. The van der Waals surface area contributed by atoms with Crippen LogP contribution in [0.15, 0.2) is 60.9 Å². The van der Waals surface area contributed by atoms with Crippen molar-refractivity contribution < 1.29 is 4.74 Å². The Balaban J connectivity index is 1.52. The molecular weight excluding hydrogens is 386 g/mol. The van der Waals surface area contributed by atoms with E-state index in [2.05, 4.69) is 50.6 Å². The number of pyridine rings is 1. The number of nitrogens with one attached hydrogen (secondary N) is 1. The van der Waals surface area contributed by atoms with Crippen molar-refractivity contribution in [3.8, 4) is 22.9 Å². The summed E-state index contributed by atoms with van der Waals surface area (Å²) in [6, 6.07) is 16.1. The highest BCUT2D eigenvalue weighted by Crippen LogP contribution is 2.39. The average molecular weight is 412 g/mol. The van der Waals surface area contributed by atoms with Crippen LogP contribution in [-0.2, 0) is 0 Å². The zero-order chi connectivity index (χ0) is 21.2. The highest BCUT2D eigenvalue weighted by Gasteiger charge is 2.20. The number of nitrogens with two attached hydrogens (primary N) is 1. The van der Waals surface area contributed by atoms with Gasteiger partial charge in [-0.3, -0.25) is 0 Å². The lowest BCUT2D eigenvalue weighted by molar-refractivity contribution is 0.466. The van der Waals surface area contributed by atoms with Crippen LogP contribution in [0.1, 0.15) is 24.8 Å². The summed E-state index contributed by atoms with van der Waals surface area (Å²) in [6.45, 7) is 3.04. The van der Waals surface area contributed by atoms with E-state index in [1.165, 1.54) is 19.3 Å². The second kappa shape index (κ2) is 8.22. The molecule has 0 saturated heterocycles. The first-order valence-corrected chi connectivity index (χ1v) is 10.7. The fourth-order valence-electron chi connectivity index (χ4n) is 3.83. The number of ether oxygens (including phenoxy) is 1. The van der Waals surface area contributed by atoms with Crippen molar-refractivity contribution in [3.63, 3.8) is 0 Å². The van der Waals surface area contributed by atoms with Crippen LogP contribution in [0.4, 0.5) is 11.6 Å². The van der Waals surface area contributed by atoms with Gasteiger partial charge in [0, 0.05) is 35.4 Å². The number of nitrogen functional groups attached to an aromatic ring is 1. The summed E-state index contributed by atoms with van der Waals surface area (Å²) < 4.78 is 6.42. The van der Waals surface area contributed by atoms with Gasteiger partial charge in [-0.25, -0.2) is 15.0 Å². The Labute approximate surface area is 181 Å². The largest absolute Gasteiger partial charge is 0.437 e. The Morgan fingerprint density at radius 2 is 1.90 bits per heavy atom. The van der Waals surface area contributed by atoms with Crippen LogP contribution in [0.5, 0.6) is 11.6 Å². The van der Waals surface area contributed by atoms with Crippen LogP contribution in [0.25, 0.3) is 22.0 Å². The Morgan fingerprint density at radius 3 is 2.74 bits per heavy atom. The minimum atomic E-state index is 0.218. The third-order valence-corrected chi connectivity index (χ3v) is 5.69. The number of hydrogen-bond acceptors (Lipinski definition) is 6. The second-order valence-electron chi connectivity index (χ2n) is 8.03. The summed E-state index contributed by atoms with van der Waals surface area (Å²) in [6.07, 6.45) is 7.33. The molecule has 2 aromatic carbocycles. The molecule has 0 bridgehead atoms. The third-order valence-electron chi connectivity index (χ3n) is 5.69. The third kappa shape index (κ3) is 4.14. The lowest BCUT2D eigenvalue weighted by Crippen LogP contribution is -2.03. The molecule has 0 aliphatic heterocycles. The molecule has 1 saturated carbocycles. The van der Waals surface area contributed by atoms with Crippen molar-refractivity contribution in [2.45, 2.75) is 26.2 Å². The standard InChI is InChI=1S/C25H25N5O/c1-16-7-10-18-19(4-2-6-21(18)27-14-11-17-8-9-17)23(16)31-24-20(5-3-13-28-24)22-12-15-29-25(26)30-22/h2-7,10,12-13,15,17,27H,8-9,11,14H2,1H3,(H2,26,29,30). The maximum absolute atomic E-state index is 6.42. The molecule has 1 aliphatic rings. The number of nitrogens with zero attached hydrogens (tertiary/aromatic N) is 3. The van der Waals surface area contributed by atoms with Gasteiger partial charge in [-0.15, -0.1) is 0 Å². The molecule has 5 rings (SSSR count). The summed E-state index contributed by atoms with van der Waals surface area (Å²) in [5.74, 6) is 2.41. The molecule has 6 heteroatoms.